The van der Waals surface area contributed by atoms with Crippen molar-refractivity contribution in [1.29, 1.82) is 0 Å². The topological polar surface area (TPSA) is 354 Å². The Morgan fingerprint density at radius 2 is 0.742 bits per heavy atom. The second-order valence-corrected chi connectivity index (χ2v) is 39.2. The molecule has 674 valence electrons. The van der Waals surface area contributed by atoms with Gasteiger partial charge < -0.3 is 28.4 Å². The van der Waals surface area contributed by atoms with E-state index in [0.29, 0.717) is 143 Å². The van der Waals surface area contributed by atoms with Crippen molar-refractivity contribution in [2.45, 2.75) is 324 Å². The molecule has 5 N–H and O–H groups in total. The Morgan fingerprint density at radius 3 is 1.10 bits per heavy atom. The Kier molecular flexibility index (Phi) is 31.5. The van der Waals surface area contributed by atoms with Crippen molar-refractivity contribution in [2.24, 2.45) is 0 Å². The first-order chi connectivity index (χ1) is 58.3. The highest BCUT2D eigenvalue weighted by molar-refractivity contribution is 6.30. The van der Waals surface area contributed by atoms with Crippen LogP contribution in [0.2, 0.25) is 15.5 Å². The fourth-order valence-corrected chi connectivity index (χ4v) is 15.7. The third kappa shape index (κ3) is 26.6. The molecule has 1 unspecified atom stereocenters. The van der Waals surface area contributed by atoms with Crippen molar-refractivity contribution in [3.63, 3.8) is 0 Å². The second-order valence-electron chi connectivity index (χ2n) is 38.0. The van der Waals surface area contributed by atoms with Crippen molar-refractivity contribution >= 4 is 150 Å². The number of amides is 5. The average molecular weight is 1770 g/mol. The summed E-state index contributed by atoms with van der Waals surface area (Å²) >= 11 is 18.1. The maximum atomic E-state index is 12.6. The smallest absolute Gasteiger partial charge is 0.229 e. The number of pyridine rings is 5. The Balaban J connectivity index is 0.000000151. The molecule has 10 aromatic rings. The number of fused-ring (bicyclic) bond motifs is 5. The van der Waals surface area contributed by atoms with E-state index in [-0.39, 0.29) is 100 Å². The summed E-state index contributed by atoms with van der Waals surface area (Å²) in [6, 6.07) is 19.3. The molecular formula is C90H127Cl3N20O11. The average Bonchev–Trinajstić information content (AvgIpc) is 1.66. The van der Waals surface area contributed by atoms with Gasteiger partial charge >= 0.3 is 0 Å². The summed E-state index contributed by atoms with van der Waals surface area (Å²) in [5.41, 5.74) is 8.00. The number of hydrogen-bond acceptors (Lipinski definition) is 21. The van der Waals surface area contributed by atoms with Gasteiger partial charge in [-0.3, -0.25) is 73.4 Å². The van der Waals surface area contributed by atoms with Crippen LogP contribution in [-0.2, 0) is 63.5 Å². The van der Waals surface area contributed by atoms with E-state index in [0.717, 1.165) is 104 Å². The lowest BCUT2D eigenvalue weighted by Crippen LogP contribution is -2.37. The van der Waals surface area contributed by atoms with Crippen molar-refractivity contribution < 1.29 is 52.4 Å². The van der Waals surface area contributed by atoms with Gasteiger partial charge in [0.05, 0.1) is 92.6 Å². The Hall–Kier alpha value is -8.92. The van der Waals surface area contributed by atoms with Gasteiger partial charge in [0, 0.05) is 53.8 Å². The molecule has 5 fully saturated rings. The summed E-state index contributed by atoms with van der Waals surface area (Å²) in [6.45, 7) is 42.6. The second kappa shape index (κ2) is 40.8. The number of imidazole rings is 5. The molecule has 5 amide bonds. The lowest BCUT2D eigenvalue weighted by molar-refractivity contribution is -0.131. The van der Waals surface area contributed by atoms with Gasteiger partial charge in [0.2, 0.25) is 59.3 Å². The molecule has 15 rings (SSSR count). The van der Waals surface area contributed by atoms with E-state index in [9.17, 15) is 24.0 Å². The summed E-state index contributed by atoms with van der Waals surface area (Å²) < 4.78 is 44.1. The molecule has 10 aromatic heterocycles. The predicted octanol–water partition coefficient (Wildman–Crippen LogP) is 19.0. The van der Waals surface area contributed by atoms with E-state index in [1.807, 2.05) is 161 Å². The molecule has 13 heterocycles. The highest BCUT2D eigenvalue weighted by Crippen LogP contribution is 2.41. The SMILES string of the molecule is CC(C)(C)OCCC(=O)Nc1nc2ccc(Cl)nc2n1C(C)(C)C.CC(C)(C)OCCC(=O)Nc1nc2ccc(Cl)nc2n1C1CCOCC1.CC1(C)CCC[C@H](CC(=O)Nc2nc3ccc(Cl)nc3n2C(C)(C)C)O1.Cc1ccc2nc(NC(=O)CC3CCC(C)(C)O3)n(C3CCC3)c2n1.Cc1ccc2nc(NC(=O)CCOC(C)C)n(C3CCC3)c2n1. The van der Waals surface area contributed by atoms with Gasteiger partial charge in [-0.2, -0.15) is 0 Å². The lowest BCUT2D eigenvalue weighted by Gasteiger charge is -2.35. The number of rotatable bonds is 22. The van der Waals surface area contributed by atoms with Gasteiger partial charge in [-0.05, 0) is 283 Å². The van der Waals surface area contributed by atoms with Gasteiger partial charge in [-0.25, -0.2) is 49.8 Å². The van der Waals surface area contributed by atoms with Crippen LogP contribution in [0.5, 0.6) is 0 Å². The molecule has 124 heavy (non-hydrogen) atoms. The fourth-order valence-electron chi connectivity index (χ4n) is 15.2. The van der Waals surface area contributed by atoms with Gasteiger partial charge in [0.25, 0.3) is 0 Å². The highest BCUT2D eigenvalue weighted by atomic mass is 35.5. The molecule has 3 saturated heterocycles. The number of carbonyl (C=O) groups is 5. The monoisotopic (exact) mass is 1770 g/mol. The number of aromatic nitrogens is 15. The van der Waals surface area contributed by atoms with Crippen LogP contribution in [0.3, 0.4) is 0 Å². The quantitative estimate of drug-likeness (QED) is 0.0393. The van der Waals surface area contributed by atoms with Crippen LogP contribution >= 0.6 is 34.8 Å². The predicted molar refractivity (Wildman–Crippen MR) is 487 cm³/mol. The van der Waals surface area contributed by atoms with Crippen LogP contribution in [0.15, 0.2) is 60.7 Å². The van der Waals surface area contributed by atoms with Crippen LogP contribution in [0.4, 0.5) is 29.7 Å². The number of nitrogens with zero attached hydrogens (tertiary/aromatic N) is 15. The molecule has 0 spiro atoms. The maximum absolute atomic E-state index is 12.6. The molecule has 2 atom stereocenters. The molecule has 0 bridgehead atoms. The molecule has 31 nitrogen and oxygen atoms in total. The Labute approximate surface area is 741 Å². The van der Waals surface area contributed by atoms with E-state index < -0.39 is 0 Å². The summed E-state index contributed by atoms with van der Waals surface area (Å²) in [7, 11) is 0. The molecule has 3 aliphatic heterocycles. The van der Waals surface area contributed by atoms with Crippen LogP contribution < -0.4 is 26.6 Å². The Bertz CT molecular complexity index is 5380. The van der Waals surface area contributed by atoms with Gasteiger partial charge in [0.15, 0.2) is 28.2 Å². The summed E-state index contributed by atoms with van der Waals surface area (Å²) in [4.78, 5) is 107. The number of halogens is 3. The highest BCUT2D eigenvalue weighted by Gasteiger charge is 2.36. The standard InChI is InChI=1S/C19H27ClN4O2.C19H26N4O2.C18H25ClN4O3.C17H25ClN4O2.C17H24N4O2/c1-18(2,3)24-16-13(8-9-14(20)22-16)21-17(24)23-15(25)11-12-7-6-10-19(4,5)26-12;1-12-7-8-15-17(20-12)23(13-5-4-6-13)18(21-15)22-16(24)11-14-9-10-19(2,3)25-14;1-18(2,3)26-11-8-15(24)22-17-20-13-4-5-14(19)21-16(13)23(17)12-6-9-25-10-7-12;1-16(2,3)22-14-11(7-8-12(18)20-14)19-15(22)21-13(23)9-10-24-17(4,5)6;1-11(2)23-10-9-15(22)20-17-19-14-8-7-12(3)18-16(14)21(17)13-5-4-6-13/h8-9,12H,6-7,10-11H2,1-5H3,(H,21,23,25);7-8,13-14H,4-6,9-11H2,1-3H3,(H,21,22,24);4-5,12H,6-11H2,1-3H3,(H,20,22,24);7-8H,9-10H2,1-6H3,(H,19,21,23);7-8,11,13H,4-6,9-10H2,1-3H3,(H,19,20,22)/t12-;;;;/m1..../s1. The van der Waals surface area contributed by atoms with Crippen molar-refractivity contribution in [3.8, 4) is 0 Å². The summed E-state index contributed by atoms with van der Waals surface area (Å²) in [6.07, 6.45) is 15.1. The van der Waals surface area contributed by atoms with Crippen molar-refractivity contribution in [2.75, 3.05) is 59.6 Å². The third-order valence-electron chi connectivity index (χ3n) is 21.5. The summed E-state index contributed by atoms with van der Waals surface area (Å²) in [5, 5.41) is 15.9. The largest absolute Gasteiger partial charge is 0.381 e. The van der Waals surface area contributed by atoms with Crippen LogP contribution in [-0.4, -0.2) is 176 Å². The van der Waals surface area contributed by atoms with E-state index in [2.05, 4.69) is 113 Å². The zero-order valence-electron chi connectivity index (χ0n) is 75.8. The van der Waals surface area contributed by atoms with Crippen LogP contribution in [0.25, 0.3) is 55.8 Å². The third-order valence-corrected chi connectivity index (χ3v) is 22.1. The number of nitrogens with one attached hydrogen (secondary N) is 5. The van der Waals surface area contributed by atoms with E-state index in [4.69, 9.17) is 63.2 Å². The van der Waals surface area contributed by atoms with Gasteiger partial charge in [-0.1, -0.05) is 34.8 Å². The molecule has 0 radical (unpaired) electrons. The van der Waals surface area contributed by atoms with Crippen LogP contribution in [0, 0.1) is 13.8 Å². The molecule has 0 aromatic carbocycles. The Morgan fingerprint density at radius 1 is 0.411 bits per heavy atom. The van der Waals surface area contributed by atoms with E-state index in [1.54, 1.807) is 24.3 Å². The fraction of sp³-hybridized carbons (Fsp3) is 0.611. The van der Waals surface area contributed by atoms with Gasteiger partial charge in [0.1, 0.15) is 43.0 Å². The van der Waals surface area contributed by atoms with Crippen molar-refractivity contribution in [3.05, 3.63) is 87.5 Å². The van der Waals surface area contributed by atoms with E-state index in [1.165, 1.54) is 12.8 Å². The molecule has 2 saturated carbocycles. The normalized spacial score (nSPS) is 17.5. The molecule has 2 aliphatic carbocycles. The number of ether oxygens (including phenoxy) is 6. The van der Waals surface area contributed by atoms with E-state index >= 15 is 0 Å². The molecular weight excluding hydrogens is 1640 g/mol. The lowest BCUT2D eigenvalue weighted by atomic mass is 9.93. The minimum Gasteiger partial charge on any atom is -0.381 e. The minimum atomic E-state index is -0.309. The summed E-state index contributed by atoms with van der Waals surface area (Å²) in [5.74, 6) is 2.21. The first kappa shape index (κ1) is 95.7. The van der Waals surface area contributed by atoms with Crippen molar-refractivity contribution in [1.82, 2.24) is 72.7 Å². The maximum Gasteiger partial charge on any atom is 0.229 e. The first-order valence-corrected chi connectivity index (χ1v) is 44.6. The zero-order chi connectivity index (χ0) is 90.0. The molecule has 5 aliphatic rings. The first-order valence-electron chi connectivity index (χ1n) is 43.5. The zero-order valence-corrected chi connectivity index (χ0v) is 78.1. The number of carbonyl (C=O) groups excluding carboxylic acids is 5. The number of hydrogen-bond donors (Lipinski definition) is 5. The molecule has 34 heteroatoms. The number of anilines is 5. The van der Waals surface area contributed by atoms with Crippen LogP contribution in [0.1, 0.15) is 270 Å². The van der Waals surface area contributed by atoms with Gasteiger partial charge in [-0.15, -0.1) is 0 Å². The number of aryl methyl sites for hydroxylation is 2. The minimum absolute atomic E-state index is 0.00287.